The van der Waals surface area contributed by atoms with Crippen molar-refractivity contribution in [1.82, 2.24) is 24.1 Å². The molecule has 0 aliphatic rings. The quantitative estimate of drug-likeness (QED) is 0.347. The number of pyridine rings is 3. The molecule has 0 saturated heterocycles. The maximum absolute atomic E-state index is 14.1. The summed E-state index contributed by atoms with van der Waals surface area (Å²) in [7, 11) is 0. The minimum Gasteiger partial charge on any atom is -0.485 e. The first-order valence-corrected chi connectivity index (χ1v) is 12.0. The molecule has 0 bridgehead atoms. The van der Waals surface area contributed by atoms with E-state index in [4.69, 9.17) is 27.9 Å². The molecule has 0 radical (unpaired) electrons. The van der Waals surface area contributed by atoms with E-state index in [0.29, 0.717) is 28.5 Å². The molecule has 4 aromatic heterocycles. The van der Waals surface area contributed by atoms with Gasteiger partial charge in [-0.3, -0.25) is 28.7 Å². The molecule has 37 heavy (non-hydrogen) atoms. The lowest BCUT2D eigenvalue weighted by atomic mass is 9.92. The van der Waals surface area contributed by atoms with E-state index in [1.165, 1.54) is 21.5 Å². The lowest BCUT2D eigenvalue weighted by molar-refractivity contribution is 0.293. The molecule has 0 amide bonds. The van der Waals surface area contributed by atoms with E-state index in [-0.39, 0.29) is 33.7 Å². The molecule has 4 heterocycles. The highest BCUT2D eigenvalue weighted by Gasteiger charge is 2.22. The molecule has 11 heteroatoms. The molecule has 0 fully saturated rings. The summed E-state index contributed by atoms with van der Waals surface area (Å²) in [6.45, 7) is 8.97. The number of hydrogen-bond acceptors (Lipinski definition) is 6. The smallest absolute Gasteiger partial charge is 0.278 e. The van der Waals surface area contributed by atoms with Gasteiger partial charge in [0.05, 0.1) is 10.7 Å². The van der Waals surface area contributed by atoms with Crippen molar-refractivity contribution in [3.63, 3.8) is 0 Å². The van der Waals surface area contributed by atoms with Crippen LogP contribution in [0.2, 0.25) is 10.0 Å². The Morgan fingerprint density at radius 3 is 2.41 bits per heavy atom. The Morgan fingerprint density at radius 2 is 1.73 bits per heavy atom. The maximum Gasteiger partial charge on any atom is 0.278 e. The van der Waals surface area contributed by atoms with Crippen molar-refractivity contribution in [1.29, 1.82) is 0 Å². The van der Waals surface area contributed by atoms with Gasteiger partial charge in [0.15, 0.2) is 0 Å². The molecule has 0 aromatic carbocycles. The van der Waals surface area contributed by atoms with Gasteiger partial charge >= 0.3 is 0 Å². The van der Waals surface area contributed by atoms with Crippen molar-refractivity contribution in [3.05, 3.63) is 102 Å². The molecule has 4 aromatic rings. The Kier molecular flexibility index (Phi) is 7.21. The van der Waals surface area contributed by atoms with Gasteiger partial charge in [-0.05, 0) is 25.5 Å². The molecular formula is C26H24Cl2FN5O3. The van der Waals surface area contributed by atoms with Crippen LogP contribution in [0.4, 0.5) is 4.39 Å². The first-order chi connectivity index (χ1) is 17.4. The summed E-state index contributed by atoms with van der Waals surface area (Å²) in [5, 5.41) is -0.0256. The van der Waals surface area contributed by atoms with Crippen LogP contribution in [-0.2, 0) is 12.0 Å². The first-order valence-electron chi connectivity index (χ1n) is 11.3. The summed E-state index contributed by atoms with van der Waals surface area (Å²) in [5.74, 6) is -0.219. The number of ether oxygens (including phenoxy) is 1. The van der Waals surface area contributed by atoms with Gasteiger partial charge in [-0.1, -0.05) is 44.0 Å². The standard InChI is InChI=1S/C26H24Cl2FN5O3/c1-14-11-32-21(33-7-6-30-23(25(33)36)26(3,4)5)10-19(14)34-15(2)8-20(22(28)24(34)35)37-13-18-17(29)9-16(27)12-31-18/h6-12H,13H2,1-5H3. The molecule has 0 aliphatic carbocycles. The van der Waals surface area contributed by atoms with Crippen molar-refractivity contribution < 1.29 is 9.13 Å². The fraction of sp³-hybridized carbons (Fsp3) is 0.269. The van der Waals surface area contributed by atoms with Crippen LogP contribution in [0.15, 0.2) is 52.6 Å². The third-order valence-electron chi connectivity index (χ3n) is 5.65. The van der Waals surface area contributed by atoms with Crippen LogP contribution in [0, 0.1) is 19.7 Å². The van der Waals surface area contributed by atoms with E-state index in [9.17, 15) is 14.0 Å². The summed E-state index contributed by atoms with van der Waals surface area (Å²) < 4.78 is 22.5. The van der Waals surface area contributed by atoms with Crippen LogP contribution in [0.25, 0.3) is 11.5 Å². The highest BCUT2D eigenvalue weighted by molar-refractivity contribution is 6.31. The first kappa shape index (κ1) is 26.5. The Balaban J connectivity index is 1.76. The average Bonchev–Trinajstić information content (AvgIpc) is 2.82. The van der Waals surface area contributed by atoms with E-state index in [1.807, 2.05) is 20.8 Å². The zero-order valence-corrected chi connectivity index (χ0v) is 22.4. The highest BCUT2D eigenvalue weighted by Crippen LogP contribution is 2.26. The second-order valence-electron chi connectivity index (χ2n) is 9.51. The maximum atomic E-state index is 14.1. The van der Waals surface area contributed by atoms with Crippen molar-refractivity contribution in [3.8, 4) is 17.3 Å². The monoisotopic (exact) mass is 543 g/mol. The Morgan fingerprint density at radius 1 is 1.00 bits per heavy atom. The highest BCUT2D eigenvalue weighted by atomic mass is 35.5. The van der Waals surface area contributed by atoms with E-state index in [1.54, 1.807) is 38.4 Å². The van der Waals surface area contributed by atoms with Crippen LogP contribution in [0.3, 0.4) is 0 Å². The summed E-state index contributed by atoms with van der Waals surface area (Å²) in [5.41, 5.74) is 0.792. The van der Waals surface area contributed by atoms with Gasteiger partial charge in [0.2, 0.25) is 0 Å². The number of nitrogens with zero attached hydrogens (tertiary/aromatic N) is 5. The number of hydrogen-bond donors (Lipinski definition) is 0. The molecule has 4 rings (SSSR count). The summed E-state index contributed by atoms with van der Waals surface area (Å²) in [4.78, 5) is 39.0. The molecular weight excluding hydrogens is 520 g/mol. The fourth-order valence-electron chi connectivity index (χ4n) is 3.76. The zero-order valence-electron chi connectivity index (χ0n) is 20.8. The van der Waals surface area contributed by atoms with Gasteiger partial charge in [0.25, 0.3) is 11.1 Å². The summed E-state index contributed by atoms with van der Waals surface area (Å²) >= 11 is 12.1. The van der Waals surface area contributed by atoms with Crippen molar-refractivity contribution >= 4 is 23.2 Å². The van der Waals surface area contributed by atoms with Gasteiger partial charge in [0, 0.05) is 48.0 Å². The van der Waals surface area contributed by atoms with E-state index in [0.717, 1.165) is 6.07 Å². The second kappa shape index (κ2) is 10.1. The van der Waals surface area contributed by atoms with Gasteiger partial charge in [-0.15, -0.1) is 0 Å². The average molecular weight is 544 g/mol. The Labute approximate surface area is 222 Å². The molecule has 0 unspecified atom stereocenters. The fourth-order valence-corrected chi connectivity index (χ4v) is 4.10. The van der Waals surface area contributed by atoms with Crippen LogP contribution in [0.1, 0.15) is 43.4 Å². The summed E-state index contributed by atoms with van der Waals surface area (Å²) in [6.07, 6.45) is 5.95. The summed E-state index contributed by atoms with van der Waals surface area (Å²) in [6, 6.07) is 4.34. The van der Waals surface area contributed by atoms with E-state index in [2.05, 4.69) is 15.0 Å². The molecule has 0 saturated carbocycles. The predicted octanol–water partition coefficient (Wildman–Crippen LogP) is 5.11. The number of rotatable bonds is 5. The van der Waals surface area contributed by atoms with E-state index < -0.39 is 16.8 Å². The molecule has 0 N–H and O–H groups in total. The predicted molar refractivity (Wildman–Crippen MR) is 140 cm³/mol. The minimum atomic E-state index is -0.630. The Bertz CT molecular complexity index is 1630. The topological polar surface area (TPSA) is 91.9 Å². The van der Waals surface area contributed by atoms with Gasteiger partial charge in [0.1, 0.15) is 40.4 Å². The molecule has 0 atom stereocenters. The number of aromatic nitrogens is 5. The Hall–Kier alpha value is -3.56. The minimum absolute atomic E-state index is 0.0225. The van der Waals surface area contributed by atoms with Crippen LogP contribution < -0.4 is 15.9 Å². The zero-order chi connectivity index (χ0) is 27.1. The van der Waals surface area contributed by atoms with Crippen molar-refractivity contribution in [2.45, 2.75) is 46.6 Å². The SMILES string of the molecule is Cc1cnc(-n2ccnc(C(C)(C)C)c2=O)cc1-n1c(C)cc(OCc2ncc(Cl)cc2F)c(Cl)c1=O. The molecule has 192 valence electrons. The van der Waals surface area contributed by atoms with Gasteiger partial charge < -0.3 is 4.74 Å². The van der Waals surface area contributed by atoms with Crippen LogP contribution in [-0.4, -0.2) is 24.1 Å². The van der Waals surface area contributed by atoms with Crippen LogP contribution >= 0.6 is 23.2 Å². The third kappa shape index (κ3) is 5.28. The van der Waals surface area contributed by atoms with Crippen LogP contribution in [0.5, 0.6) is 5.75 Å². The molecule has 8 nitrogen and oxygen atoms in total. The largest absolute Gasteiger partial charge is 0.485 e. The molecule has 0 aliphatic heterocycles. The number of aryl methyl sites for hydroxylation is 2. The lowest BCUT2D eigenvalue weighted by Crippen LogP contribution is -2.31. The molecule has 0 spiro atoms. The second-order valence-corrected chi connectivity index (χ2v) is 10.3. The lowest BCUT2D eigenvalue weighted by Gasteiger charge is -2.19. The van der Waals surface area contributed by atoms with Gasteiger partial charge in [-0.25, -0.2) is 9.37 Å². The van der Waals surface area contributed by atoms with E-state index >= 15 is 0 Å². The normalized spacial score (nSPS) is 11.6. The number of halogens is 3. The third-order valence-corrected chi connectivity index (χ3v) is 6.20. The van der Waals surface area contributed by atoms with Gasteiger partial charge in [-0.2, -0.15) is 0 Å². The van der Waals surface area contributed by atoms with Crippen molar-refractivity contribution in [2.75, 3.05) is 0 Å². The van der Waals surface area contributed by atoms with Crippen molar-refractivity contribution in [2.24, 2.45) is 0 Å².